The first-order chi connectivity index (χ1) is 11.2. The fourth-order valence-electron chi connectivity index (χ4n) is 3.08. The van der Waals surface area contributed by atoms with Crippen molar-refractivity contribution in [2.75, 3.05) is 0 Å². The van der Waals surface area contributed by atoms with Crippen LogP contribution in [0, 0.1) is 13.8 Å². The predicted molar refractivity (Wildman–Crippen MR) is 91.8 cm³/mol. The first kappa shape index (κ1) is 14.4. The molecule has 4 nitrogen and oxygen atoms in total. The van der Waals surface area contributed by atoms with Gasteiger partial charge in [-0.3, -0.25) is 4.57 Å². The van der Waals surface area contributed by atoms with Gasteiger partial charge < -0.3 is 4.74 Å². The molecule has 0 atom stereocenters. The van der Waals surface area contributed by atoms with E-state index in [2.05, 4.69) is 40.4 Å². The van der Waals surface area contributed by atoms with Crippen LogP contribution in [-0.2, 0) is 18.0 Å². The molecule has 0 saturated heterocycles. The van der Waals surface area contributed by atoms with E-state index in [4.69, 9.17) is 4.74 Å². The third kappa shape index (κ3) is 2.24. The van der Waals surface area contributed by atoms with Gasteiger partial charge in [-0.1, -0.05) is 36.9 Å². The third-order valence-electron chi connectivity index (χ3n) is 4.16. The SMILES string of the molecule is C=C(c1ccccc1)c1c(C)sc2c1COCc1nnc(C)n1-2. The highest BCUT2D eigenvalue weighted by atomic mass is 32.1. The number of aromatic nitrogens is 3. The average Bonchev–Trinajstić information content (AvgIpc) is 3.02. The van der Waals surface area contributed by atoms with Crippen molar-refractivity contribution in [3.63, 3.8) is 0 Å². The molecule has 0 aliphatic carbocycles. The van der Waals surface area contributed by atoms with Crippen LogP contribution in [0.1, 0.15) is 33.2 Å². The maximum atomic E-state index is 5.84. The number of aryl methyl sites for hydroxylation is 2. The van der Waals surface area contributed by atoms with Crippen molar-refractivity contribution in [3.05, 3.63) is 70.1 Å². The molecule has 2 aromatic heterocycles. The highest BCUT2D eigenvalue weighted by molar-refractivity contribution is 7.15. The Hall–Kier alpha value is -2.24. The van der Waals surface area contributed by atoms with Crippen LogP contribution in [0.5, 0.6) is 0 Å². The lowest BCUT2D eigenvalue weighted by Crippen LogP contribution is -2.00. The Morgan fingerprint density at radius 3 is 2.74 bits per heavy atom. The summed E-state index contributed by atoms with van der Waals surface area (Å²) >= 11 is 1.76. The quantitative estimate of drug-likeness (QED) is 0.714. The van der Waals surface area contributed by atoms with Gasteiger partial charge in [0.2, 0.25) is 0 Å². The van der Waals surface area contributed by atoms with E-state index >= 15 is 0 Å². The summed E-state index contributed by atoms with van der Waals surface area (Å²) < 4.78 is 7.96. The molecule has 1 aliphatic rings. The molecular formula is C18H17N3OS. The highest BCUT2D eigenvalue weighted by Crippen LogP contribution is 2.40. The molecule has 1 aliphatic heterocycles. The van der Waals surface area contributed by atoms with Gasteiger partial charge in [-0.2, -0.15) is 0 Å². The molecular weight excluding hydrogens is 306 g/mol. The molecule has 3 aromatic rings. The van der Waals surface area contributed by atoms with Crippen molar-refractivity contribution in [1.82, 2.24) is 14.8 Å². The van der Waals surface area contributed by atoms with E-state index in [1.54, 1.807) is 11.3 Å². The maximum absolute atomic E-state index is 5.84. The Morgan fingerprint density at radius 2 is 1.96 bits per heavy atom. The van der Waals surface area contributed by atoms with E-state index in [1.807, 2.05) is 25.1 Å². The summed E-state index contributed by atoms with van der Waals surface area (Å²) in [7, 11) is 0. The lowest BCUT2D eigenvalue weighted by atomic mass is 9.96. The minimum absolute atomic E-state index is 0.485. The number of rotatable bonds is 2. The molecule has 1 aromatic carbocycles. The standard InChI is InChI=1S/C18H17N3OS/c1-11(14-7-5-4-6-8-14)17-12(2)23-18-15(17)9-22-10-16-20-19-13(3)21(16)18/h4-8H,1,9-10H2,2-3H3. The summed E-state index contributed by atoms with van der Waals surface area (Å²) in [6, 6.07) is 10.3. The summed E-state index contributed by atoms with van der Waals surface area (Å²) in [5.41, 5.74) is 4.56. The Bertz CT molecular complexity index is 893. The van der Waals surface area contributed by atoms with Crippen LogP contribution >= 0.6 is 11.3 Å². The Morgan fingerprint density at radius 1 is 1.17 bits per heavy atom. The van der Waals surface area contributed by atoms with Crippen molar-refractivity contribution in [2.24, 2.45) is 0 Å². The van der Waals surface area contributed by atoms with Gasteiger partial charge in [0.05, 0.1) is 6.61 Å². The first-order valence-corrected chi connectivity index (χ1v) is 8.34. The van der Waals surface area contributed by atoms with Crippen LogP contribution in [0.2, 0.25) is 0 Å². The number of ether oxygens (including phenoxy) is 1. The summed E-state index contributed by atoms with van der Waals surface area (Å²) in [5, 5.41) is 9.58. The van der Waals surface area contributed by atoms with Crippen molar-refractivity contribution in [1.29, 1.82) is 0 Å². The van der Waals surface area contributed by atoms with Gasteiger partial charge >= 0.3 is 0 Å². The Balaban J connectivity index is 1.91. The van der Waals surface area contributed by atoms with Crippen LogP contribution in [0.3, 0.4) is 0 Å². The van der Waals surface area contributed by atoms with Crippen LogP contribution in [-0.4, -0.2) is 14.8 Å². The number of nitrogens with zero attached hydrogens (tertiary/aromatic N) is 3. The molecule has 3 heterocycles. The van der Waals surface area contributed by atoms with Gasteiger partial charge in [-0.05, 0) is 25.0 Å². The van der Waals surface area contributed by atoms with Crippen molar-refractivity contribution in [3.8, 4) is 5.00 Å². The zero-order valence-corrected chi connectivity index (χ0v) is 14.0. The number of benzene rings is 1. The fourth-order valence-corrected chi connectivity index (χ4v) is 4.33. The average molecular weight is 323 g/mol. The van der Waals surface area contributed by atoms with Crippen LogP contribution in [0.4, 0.5) is 0 Å². The monoisotopic (exact) mass is 323 g/mol. The molecule has 0 amide bonds. The predicted octanol–water partition coefficient (Wildman–Crippen LogP) is 4.04. The fraction of sp³-hybridized carbons (Fsp3) is 0.222. The highest BCUT2D eigenvalue weighted by Gasteiger charge is 2.25. The van der Waals surface area contributed by atoms with Gasteiger partial charge in [0, 0.05) is 16.0 Å². The van der Waals surface area contributed by atoms with E-state index in [-0.39, 0.29) is 0 Å². The lowest BCUT2D eigenvalue weighted by Gasteiger charge is -2.10. The minimum Gasteiger partial charge on any atom is -0.369 e. The van der Waals surface area contributed by atoms with Crippen molar-refractivity contribution < 1.29 is 4.74 Å². The second-order valence-corrected chi connectivity index (χ2v) is 6.86. The van der Waals surface area contributed by atoms with E-state index < -0.39 is 0 Å². The smallest absolute Gasteiger partial charge is 0.164 e. The largest absolute Gasteiger partial charge is 0.369 e. The Kier molecular flexibility index (Phi) is 3.39. The van der Waals surface area contributed by atoms with Crippen molar-refractivity contribution in [2.45, 2.75) is 27.1 Å². The number of thiophene rings is 1. The van der Waals surface area contributed by atoms with Crippen molar-refractivity contribution >= 4 is 16.9 Å². The molecule has 0 bridgehead atoms. The first-order valence-electron chi connectivity index (χ1n) is 7.52. The number of hydrogen-bond acceptors (Lipinski definition) is 4. The number of fused-ring (bicyclic) bond motifs is 3. The molecule has 0 N–H and O–H groups in total. The second kappa shape index (κ2) is 5.44. The molecule has 4 rings (SSSR count). The topological polar surface area (TPSA) is 39.9 Å². The number of hydrogen-bond donors (Lipinski definition) is 0. The molecule has 116 valence electrons. The van der Waals surface area contributed by atoms with E-state index in [0.29, 0.717) is 13.2 Å². The van der Waals surface area contributed by atoms with E-state index in [9.17, 15) is 0 Å². The van der Waals surface area contributed by atoms with E-state index in [0.717, 1.165) is 27.8 Å². The van der Waals surface area contributed by atoms with Gasteiger partial charge in [-0.25, -0.2) is 0 Å². The van der Waals surface area contributed by atoms with Gasteiger partial charge in [0.1, 0.15) is 17.4 Å². The zero-order valence-electron chi connectivity index (χ0n) is 13.2. The molecule has 0 radical (unpaired) electrons. The zero-order chi connectivity index (χ0) is 16.0. The molecule has 0 spiro atoms. The summed E-state index contributed by atoms with van der Waals surface area (Å²) in [6.45, 7) is 9.52. The third-order valence-corrected chi connectivity index (χ3v) is 5.29. The summed E-state index contributed by atoms with van der Waals surface area (Å²) in [5.74, 6) is 1.75. The lowest BCUT2D eigenvalue weighted by molar-refractivity contribution is 0.105. The molecule has 0 unspecified atom stereocenters. The van der Waals surface area contributed by atoms with Gasteiger partial charge in [-0.15, -0.1) is 21.5 Å². The normalized spacial score (nSPS) is 13.3. The van der Waals surface area contributed by atoms with Crippen LogP contribution in [0.25, 0.3) is 10.6 Å². The van der Waals surface area contributed by atoms with Crippen LogP contribution in [0.15, 0.2) is 36.9 Å². The maximum Gasteiger partial charge on any atom is 0.164 e. The molecule has 0 fully saturated rings. The summed E-state index contributed by atoms with van der Waals surface area (Å²) in [4.78, 5) is 1.24. The molecule has 23 heavy (non-hydrogen) atoms. The van der Waals surface area contributed by atoms with Gasteiger partial charge in [0.15, 0.2) is 5.82 Å². The van der Waals surface area contributed by atoms with Gasteiger partial charge in [0.25, 0.3) is 0 Å². The van der Waals surface area contributed by atoms with E-state index in [1.165, 1.54) is 16.0 Å². The second-order valence-electron chi connectivity index (χ2n) is 5.65. The molecule has 0 saturated carbocycles. The molecule has 5 heteroatoms. The minimum atomic E-state index is 0.485. The van der Waals surface area contributed by atoms with Crippen LogP contribution < -0.4 is 0 Å². The summed E-state index contributed by atoms with van der Waals surface area (Å²) in [6.07, 6.45) is 0. The Labute approximate surface area is 139 Å².